The SMILES string of the molecule is CC(=O)NC(C)(O)CCOc1ccccc1. The first kappa shape index (κ1) is 12.5. The molecule has 1 rings (SSSR count). The molecule has 4 nitrogen and oxygen atoms in total. The number of hydrogen-bond donors (Lipinski definition) is 2. The molecule has 0 bridgehead atoms. The van der Waals surface area contributed by atoms with E-state index in [0.717, 1.165) is 5.75 Å². The second-order valence-corrected chi connectivity index (χ2v) is 3.87. The summed E-state index contributed by atoms with van der Waals surface area (Å²) in [6.45, 7) is 3.26. The highest BCUT2D eigenvalue weighted by Crippen LogP contribution is 2.11. The van der Waals surface area contributed by atoms with E-state index in [0.29, 0.717) is 13.0 Å². The number of nitrogens with one attached hydrogen (secondary N) is 1. The van der Waals surface area contributed by atoms with Crippen molar-refractivity contribution >= 4 is 5.91 Å². The molecule has 0 heterocycles. The van der Waals surface area contributed by atoms with Gasteiger partial charge in [-0.1, -0.05) is 18.2 Å². The van der Waals surface area contributed by atoms with Gasteiger partial charge in [-0.25, -0.2) is 0 Å². The summed E-state index contributed by atoms with van der Waals surface area (Å²) in [5, 5.41) is 12.2. The van der Waals surface area contributed by atoms with Crippen LogP contribution in [0.25, 0.3) is 0 Å². The molecule has 0 saturated heterocycles. The minimum Gasteiger partial charge on any atom is -0.493 e. The number of hydrogen-bond acceptors (Lipinski definition) is 3. The summed E-state index contributed by atoms with van der Waals surface area (Å²) in [6, 6.07) is 9.34. The Bertz CT molecular complexity index is 335. The normalized spacial score (nSPS) is 13.9. The third-order valence-corrected chi connectivity index (χ3v) is 2.05. The van der Waals surface area contributed by atoms with Gasteiger partial charge in [-0.15, -0.1) is 0 Å². The van der Waals surface area contributed by atoms with E-state index >= 15 is 0 Å². The fourth-order valence-corrected chi connectivity index (χ4v) is 1.33. The molecule has 4 heteroatoms. The van der Waals surface area contributed by atoms with E-state index in [1.165, 1.54) is 6.92 Å². The van der Waals surface area contributed by atoms with E-state index in [-0.39, 0.29) is 5.91 Å². The second kappa shape index (κ2) is 5.51. The summed E-state index contributed by atoms with van der Waals surface area (Å²) in [5.74, 6) is 0.492. The average Bonchev–Trinajstić information content (AvgIpc) is 2.16. The third kappa shape index (κ3) is 4.79. The minimum absolute atomic E-state index is 0.260. The number of carbonyl (C=O) groups excluding carboxylic acids is 1. The van der Waals surface area contributed by atoms with Gasteiger partial charge < -0.3 is 15.2 Å². The van der Waals surface area contributed by atoms with Crippen molar-refractivity contribution in [3.63, 3.8) is 0 Å². The van der Waals surface area contributed by atoms with Gasteiger partial charge in [0.05, 0.1) is 6.61 Å². The fourth-order valence-electron chi connectivity index (χ4n) is 1.33. The van der Waals surface area contributed by atoms with Crippen LogP contribution in [0.2, 0.25) is 0 Å². The topological polar surface area (TPSA) is 58.6 Å². The van der Waals surface area contributed by atoms with E-state index in [1.807, 2.05) is 30.3 Å². The number of benzene rings is 1. The van der Waals surface area contributed by atoms with E-state index in [1.54, 1.807) is 6.92 Å². The molecule has 0 fully saturated rings. The molecule has 2 N–H and O–H groups in total. The first-order valence-electron chi connectivity index (χ1n) is 5.18. The Hall–Kier alpha value is -1.55. The molecule has 0 aliphatic rings. The lowest BCUT2D eigenvalue weighted by molar-refractivity contribution is -0.126. The van der Waals surface area contributed by atoms with Crippen LogP contribution in [0.15, 0.2) is 30.3 Å². The summed E-state index contributed by atoms with van der Waals surface area (Å²) in [6.07, 6.45) is 0.335. The Labute approximate surface area is 95.2 Å². The van der Waals surface area contributed by atoms with Crippen molar-refractivity contribution in [1.29, 1.82) is 0 Å². The predicted octanol–water partition coefficient (Wildman–Crippen LogP) is 1.30. The van der Waals surface area contributed by atoms with Crippen LogP contribution in [0.5, 0.6) is 5.75 Å². The number of para-hydroxylation sites is 1. The highest BCUT2D eigenvalue weighted by atomic mass is 16.5. The van der Waals surface area contributed by atoms with Gasteiger partial charge in [0.15, 0.2) is 0 Å². The van der Waals surface area contributed by atoms with E-state index in [9.17, 15) is 9.90 Å². The number of rotatable bonds is 5. The average molecular weight is 223 g/mol. The first-order chi connectivity index (χ1) is 7.49. The van der Waals surface area contributed by atoms with Gasteiger partial charge in [-0.05, 0) is 19.1 Å². The zero-order valence-corrected chi connectivity index (χ0v) is 9.56. The summed E-state index contributed by atoms with van der Waals surface area (Å²) >= 11 is 0. The van der Waals surface area contributed by atoms with Crippen LogP contribution in [0, 0.1) is 0 Å². The highest BCUT2D eigenvalue weighted by molar-refractivity contribution is 5.73. The van der Waals surface area contributed by atoms with Crippen molar-refractivity contribution in [2.75, 3.05) is 6.61 Å². The molecule has 1 aromatic rings. The quantitative estimate of drug-likeness (QED) is 0.740. The Balaban J connectivity index is 2.32. The van der Waals surface area contributed by atoms with Crippen LogP contribution < -0.4 is 10.1 Å². The van der Waals surface area contributed by atoms with Crippen LogP contribution in [0.1, 0.15) is 20.3 Å². The molecule has 0 aromatic heterocycles. The maximum absolute atomic E-state index is 10.8. The standard InChI is InChI=1S/C12H17NO3/c1-10(14)13-12(2,15)8-9-16-11-6-4-3-5-7-11/h3-7,15H,8-9H2,1-2H3,(H,13,14). The fraction of sp³-hybridized carbons (Fsp3) is 0.417. The van der Waals surface area contributed by atoms with Gasteiger partial charge in [0, 0.05) is 13.3 Å². The number of amides is 1. The Kier molecular flexibility index (Phi) is 4.31. The van der Waals surface area contributed by atoms with Crippen LogP contribution in [-0.4, -0.2) is 23.3 Å². The van der Waals surface area contributed by atoms with Crippen LogP contribution in [-0.2, 0) is 4.79 Å². The second-order valence-electron chi connectivity index (χ2n) is 3.87. The van der Waals surface area contributed by atoms with Crippen molar-refractivity contribution in [3.8, 4) is 5.75 Å². The largest absolute Gasteiger partial charge is 0.493 e. The predicted molar refractivity (Wildman–Crippen MR) is 61.0 cm³/mol. The molecule has 1 amide bonds. The van der Waals surface area contributed by atoms with Gasteiger partial charge in [-0.2, -0.15) is 0 Å². The van der Waals surface area contributed by atoms with Crippen LogP contribution in [0.3, 0.4) is 0 Å². The Morgan fingerprint density at radius 1 is 1.44 bits per heavy atom. The summed E-state index contributed by atoms with van der Waals surface area (Å²) < 4.78 is 5.41. The summed E-state index contributed by atoms with van der Waals surface area (Å²) in [7, 11) is 0. The molecular formula is C12H17NO3. The maximum Gasteiger partial charge on any atom is 0.219 e. The first-order valence-corrected chi connectivity index (χ1v) is 5.18. The molecule has 0 radical (unpaired) electrons. The Morgan fingerprint density at radius 3 is 2.62 bits per heavy atom. The lowest BCUT2D eigenvalue weighted by Crippen LogP contribution is -2.45. The molecule has 1 atom stereocenters. The zero-order chi connectivity index (χ0) is 12.0. The van der Waals surface area contributed by atoms with Gasteiger partial charge in [0.1, 0.15) is 11.5 Å². The number of ether oxygens (including phenoxy) is 1. The lowest BCUT2D eigenvalue weighted by Gasteiger charge is -2.23. The molecule has 0 aliphatic carbocycles. The maximum atomic E-state index is 10.8. The number of aliphatic hydroxyl groups is 1. The van der Waals surface area contributed by atoms with Crippen molar-refractivity contribution in [3.05, 3.63) is 30.3 Å². The van der Waals surface area contributed by atoms with Crippen molar-refractivity contribution in [2.45, 2.75) is 26.0 Å². The number of carbonyl (C=O) groups is 1. The van der Waals surface area contributed by atoms with Crippen molar-refractivity contribution in [2.24, 2.45) is 0 Å². The highest BCUT2D eigenvalue weighted by Gasteiger charge is 2.20. The van der Waals surface area contributed by atoms with Crippen LogP contribution in [0.4, 0.5) is 0 Å². The molecular weight excluding hydrogens is 206 g/mol. The smallest absolute Gasteiger partial charge is 0.219 e. The van der Waals surface area contributed by atoms with E-state index in [2.05, 4.69) is 5.32 Å². The van der Waals surface area contributed by atoms with E-state index < -0.39 is 5.72 Å². The zero-order valence-electron chi connectivity index (χ0n) is 9.56. The summed E-state index contributed by atoms with van der Waals surface area (Å²) in [5.41, 5.74) is -1.22. The lowest BCUT2D eigenvalue weighted by atomic mass is 10.2. The molecule has 16 heavy (non-hydrogen) atoms. The van der Waals surface area contributed by atoms with Crippen LogP contribution >= 0.6 is 0 Å². The van der Waals surface area contributed by atoms with Crippen molar-refractivity contribution in [1.82, 2.24) is 5.32 Å². The third-order valence-electron chi connectivity index (χ3n) is 2.05. The van der Waals surface area contributed by atoms with Gasteiger partial charge in [-0.3, -0.25) is 4.79 Å². The molecule has 1 aromatic carbocycles. The molecule has 0 spiro atoms. The van der Waals surface area contributed by atoms with Gasteiger partial charge >= 0.3 is 0 Å². The molecule has 0 aliphatic heterocycles. The molecule has 1 unspecified atom stereocenters. The minimum atomic E-state index is -1.22. The van der Waals surface area contributed by atoms with E-state index in [4.69, 9.17) is 4.74 Å². The monoisotopic (exact) mass is 223 g/mol. The Morgan fingerprint density at radius 2 is 2.06 bits per heavy atom. The molecule has 0 saturated carbocycles. The van der Waals surface area contributed by atoms with Gasteiger partial charge in [0.2, 0.25) is 5.91 Å². The summed E-state index contributed by atoms with van der Waals surface area (Å²) in [4.78, 5) is 10.8. The molecule has 88 valence electrons. The van der Waals surface area contributed by atoms with Crippen molar-refractivity contribution < 1.29 is 14.6 Å². The van der Waals surface area contributed by atoms with Gasteiger partial charge in [0.25, 0.3) is 0 Å².